The van der Waals surface area contributed by atoms with Crippen molar-refractivity contribution in [2.75, 3.05) is 24.2 Å². The van der Waals surface area contributed by atoms with Gasteiger partial charge in [0.15, 0.2) is 0 Å². The summed E-state index contributed by atoms with van der Waals surface area (Å²) in [6, 6.07) is 0. The van der Waals surface area contributed by atoms with Gasteiger partial charge in [0.1, 0.15) is 5.82 Å². The summed E-state index contributed by atoms with van der Waals surface area (Å²) in [5.74, 6) is 2.16. The summed E-state index contributed by atoms with van der Waals surface area (Å²) in [4.78, 5) is 8.55. The molecular weight excluding hydrogens is 292 g/mol. The summed E-state index contributed by atoms with van der Waals surface area (Å²) >= 11 is 3.47. The predicted molar refractivity (Wildman–Crippen MR) is 78.8 cm³/mol. The zero-order valence-electron chi connectivity index (χ0n) is 11.6. The van der Waals surface area contributed by atoms with Crippen LogP contribution in [0.25, 0.3) is 0 Å². The van der Waals surface area contributed by atoms with Gasteiger partial charge in [0, 0.05) is 19.8 Å². The van der Waals surface area contributed by atoms with Gasteiger partial charge in [-0.15, -0.1) is 0 Å². The summed E-state index contributed by atoms with van der Waals surface area (Å²) in [5, 5.41) is 6.37. The molecule has 1 fully saturated rings. The van der Waals surface area contributed by atoms with Crippen LogP contribution in [0.3, 0.4) is 0 Å². The van der Waals surface area contributed by atoms with E-state index in [1.807, 2.05) is 7.05 Å². The fraction of sp³-hybridized carbons (Fsp3) is 0.692. The summed E-state index contributed by atoms with van der Waals surface area (Å²) in [7, 11) is 1.82. The lowest BCUT2D eigenvalue weighted by molar-refractivity contribution is 0.457. The molecule has 100 valence electrons. The van der Waals surface area contributed by atoms with Gasteiger partial charge in [-0.05, 0) is 32.7 Å². The number of nitrogens with zero attached hydrogens (tertiary/aromatic N) is 2. The van der Waals surface area contributed by atoms with Crippen LogP contribution in [0.4, 0.5) is 11.8 Å². The van der Waals surface area contributed by atoms with Crippen molar-refractivity contribution in [1.29, 1.82) is 0 Å². The molecule has 0 amide bonds. The SMILES string of the molecule is CNc1ncc(Br)c(NCC2C(C)(C)C2(C)C)n1. The van der Waals surface area contributed by atoms with Crippen LogP contribution >= 0.6 is 15.9 Å². The van der Waals surface area contributed by atoms with Crippen LogP contribution in [0, 0.1) is 16.7 Å². The molecule has 1 saturated carbocycles. The van der Waals surface area contributed by atoms with Gasteiger partial charge in [0.2, 0.25) is 5.95 Å². The highest BCUT2D eigenvalue weighted by Crippen LogP contribution is 2.68. The Morgan fingerprint density at radius 1 is 1.28 bits per heavy atom. The Kier molecular flexibility index (Phi) is 3.30. The number of hydrogen-bond donors (Lipinski definition) is 2. The van der Waals surface area contributed by atoms with Crippen molar-refractivity contribution in [2.24, 2.45) is 16.7 Å². The van der Waals surface area contributed by atoms with Crippen molar-refractivity contribution in [1.82, 2.24) is 9.97 Å². The van der Waals surface area contributed by atoms with Crippen molar-refractivity contribution < 1.29 is 0 Å². The summed E-state index contributed by atoms with van der Waals surface area (Å²) in [5.41, 5.74) is 0.788. The molecule has 1 aliphatic rings. The van der Waals surface area contributed by atoms with Gasteiger partial charge in [-0.1, -0.05) is 27.7 Å². The second-order valence-corrected chi connectivity index (χ2v) is 6.87. The van der Waals surface area contributed by atoms with Gasteiger partial charge in [0.05, 0.1) is 4.47 Å². The van der Waals surface area contributed by atoms with Gasteiger partial charge < -0.3 is 10.6 Å². The van der Waals surface area contributed by atoms with Crippen LogP contribution < -0.4 is 10.6 Å². The molecule has 0 unspecified atom stereocenters. The quantitative estimate of drug-likeness (QED) is 0.895. The van der Waals surface area contributed by atoms with E-state index in [9.17, 15) is 0 Å². The van der Waals surface area contributed by atoms with Crippen LogP contribution in [0.2, 0.25) is 0 Å². The van der Waals surface area contributed by atoms with Gasteiger partial charge in [-0.2, -0.15) is 4.98 Å². The topological polar surface area (TPSA) is 49.8 Å². The van der Waals surface area contributed by atoms with Crippen molar-refractivity contribution in [2.45, 2.75) is 27.7 Å². The smallest absolute Gasteiger partial charge is 0.224 e. The standard InChI is InChI=1S/C13H21BrN4/c1-12(2)9(13(12,3)4)7-16-10-8(14)6-17-11(15-5)18-10/h6,9H,7H2,1-5H3,(H2,15,16,17,18). The number of rotatable bonds is 4. The number of hydrogen-bond acceptors (Lipinski definition) is 4. The van der Waals surface area contributed by atoms with Crippen LogP contribution in [0.15, 0.2) is 10.7 Å². The summed E-state index contributed by atoms with van der Waals surface area (Å²) in [6.07, 6.45) is 1.77. The van der Waals surface area contributed by atoms with Crippen molar-refractivity contribution in [3.8, 4) is 0 Å². The minimum Gasteiger partial charge on any atom is -0.369 e. The van der Waals surface area contributed by atoms with Crippen LogP contribution in [0.1, 0.15) is 27.7 Å². The van der Waals surface area contributed by atoms with E-state index in [-0.39, 0.29) is 0 Å². The van der Waals surface area contributed by atoms with E-state index < -0.39 is 0 Å². The normalized spacial score (nSPS) is 20.6. The Bertz CT molecular complexity index is 442. The van der Waals surface area contributed by atoms with Crippen LogP contribution in [-0.2, 0) is 0 Å². The average Bonchev–Trinajstić information content (AvgIpc) is 2.69. The summed E-state index contributed by atoms with van der Waals surface area (Å²) in [6.45, 7) is 10.3. The second kappa shape index (κ2) is 4.37. The molecule has 0 aromatic carbocycles. The Morgan fingerprint density at radius 2 is 1.89 bits per heavy atom. The van der Waals surface area contributed by atoms with E-state index >= 15 is 0 Å². The van der Waals surface area contributed by atoms with Crippen molar-refractivity contribution in [3.05, 3.63) is 10.7 Å². The maximum Gasteiger partial charge on any atom is 0.224 e. The number of aromatic nitrogens is 2. The Hall–Kier alpha value is -0.840. The summed E-state index contributed by atoms with van der Waals surface area (Å²) < 4.78 is 0.901. The van der Waals surface area contributed by atoms with Gasteiger partial charge >= 0.3 is 0 Å². The molecule has 0 atom stereocenters. The minimum absolute atomic E-state index is 0.394. The number of anilines is 2. The molecule has 18 heavy (non-hydrogen) atoms. The second-order valence-electron chi connectivity index (χ2n) is 6.02. The molecule has 5 heteroatoms. The Balaban J connectivity index is 2.04. The van der Waals surface area contributed by atoms with Gasteiger partial charge in [0.25, 0.3) is 0 Å². The van der Waals surface area contributed by atoms with Crippen LogP contribution in [-0.4, -0.2) is 23.6 Å². The maximum absolute atomic E-state index is 4.41. The third-order valence-electron chi connectivity index (χ3n) is 4.76. The fourth-order valence-electron chi connectivity index (χ4n) is 2.65. The molecule has 0 aliphatic heterocycles. The van der Waals surface area contributed by atoms with Gasteiger partial charge in [-0.3, -0.25) is 0 Å². The molecule has 1 heterocycles. The zero-order valence-corrected chi connectivity index (χ0v) is 13.2. The average molecular weight is 313 g/mol. The fourth-order valence-corrected chi connectivity index (χ4v) is 2.99. The third kappa shape index (κ3) is 2.09. The largest absolute Gasteiger partial charge is 0.369 e. The van der Waals surface area contributed by atoms with Crippen LogP contribution in [0.5, 0.6) is 0 Å². The molecule has 1 aromatic heterocycles. The van der Waals surface area contributed by atoms with Crippen molar-refractivity contribution >= 4 is 27.7 Å². The highest BCUT2D eigenvalue weighted by molar-refractivity contribution is 9.10. The van der Waals surface area contributed by atoms with E-state index in [1.165, 1.54) is 0 Å². The molecule has 0 radical (unpaired) electrons. The third-order valence-corrected chi connectivity index (χ3v) is 5.34. The van der Waals surface area contributed by atoms with E-state index in [4.69, 9.17) is 0 Å². The molecule has 1 aliphatic carbocycles. The molecule has 0 bridgehead atoms. The molecule has 0 spiro atoms. The van der Waals surface area contributed by atoms with E-state index in [1.54, 1.807) is 6.20 Å². The number of halogens is 1. The molecule has 0 saturated heterocycles. The van der Waals surface area contributed by atoms with Gasteiger partial charge in [-0.25, -0.2) is 4.98 Å². The number of nitrogens with one attached hydrogen (secondary N) is 2. The highest BCUT2D eigenvalue weighted by Gasteiger charge is 2.64. The lowest BCUT2D eigenvalue weighted by Crippen LogP contribution is -2.11. The molecular formula is C13H21BrN4. The van der Waals surface area contributed by atoms with E-state index in [0.717, 1.165) is 16.8 Å². The molecule has 1 aromatic rings. The first-order chi connectivity index (χ1) is 8.30. The predicted octanol–water partition coefficient (Wildman–Crippen LogP) is 3.37. The first-order valence-electron chi connectivity index (χ1n) is 6.25. The molecule has 4 nitrogen and oxygen atoms in total. The first kappa shape index (κ1) is 13.6. The molecule has 2 rings (SSSR count). The molecule has 2 N–H and O–H groups in total. The van der Waals surface area contributed by atoms with Crippen molar-refractivity contribution in [3.63, 3.8) is 0 Å². The Morgan fingerprint density at radius 3 is 2.39 bits per heavy atom. The minimum atomic E-state index is 0.394. The lowest BCUT2D eigenvalue weighted by Gasteiger charge is -2.09. The van der Waals surface area contributed by atoms with E-state index in [0.29, 0.717) is 22.7 Å². The van der Waals surface area contributed by atoms with E-state index in [2.05, 4.69) is 64.2 Å². The zero-order chi connectivity index (χ0) is 13.6. The lowest BCUT2D eigenvalue weighted by atomic mass is 10.0. The monoisotopic (exact) mass is 312 g/mol. The highest BCUT2D eigenvalue weighted by atomic mass is 79.9. The first-order valence-corrected chi connectivity index (χ1v) is 7.04. The Labute approximate surface area is 117 Å². The maximum atomic E-state index is 4.41.